The van der Waals surface area contributed by atoms with Crippen LogP contribution < -0.4 is 11.5 Å². The molecule has 0 aromatic heterocycles. The van der Waals surface area contributed by atoms with Gasteiger partial charge < -0.3 is 15.6 Å². The van der Waals surface area contributed by atoms with E-state index in [1.165, 1.54) is 0 Å². The standard InChI is InChI=1S/C8H24N2OSi2/c1-12(2,7-5-9)11-13(3,4)8-6-10/h5-10H2,1-4H3. The number of rotatable bonds is 6. The van der Waals surface area contributed by atoms with E-state index < -0.39 is 16.6 Å². The molecule has 0 atom stereocenters. The van der Waals surface area contributed by atoms with Crippen LogP contribution in [-0.2, 0) is 4.12 Å². The van der Waals surface area contributed by atoms with Gasteiger partial charge in [-0.25, -0.2) is 0 Å². The third kappa shape index (κ3) is 6.39. The lowest BCUT2D eigenvalue weighted by Crippen LogP contribution is -2.46. The zero-order valence-electron chi connectivity index (χ0n) is 9.39. The normalized spacial score (nSPS) is 13.4. The first-order chi connectivity index (χ1) is 5.83. The van der Waals surface area contributed by atoms with E-state index in [1.807, 2.05) is 0 Å². The van der Waals surface area contributed by atoms with Gasteiger partial charge in [-0.05, 0) is 51.4 Å². The maximum atomic E-state index is 6.22. The Hall–Kier alpha value is 0.314. The van der Waals surface area contributed by atoms with Gasteiger partial charge in [0, 0.05) is 0 Å². The van der Waals surface area contributed by atoms with Crippen molar-refractivity contribution < 1.29 is 4.12 Å². The van der Waals surface area contributed by atoms with Crippen molar-refractivity contribution >= 4 is 16.6 Å². The second kappa shape index (κ2) is 5.26. The summed E-state index contributed by atoms with van der Waals surface area (Å²) in [6.45, 7) is 10.4. The lowest BCUT2D eigenvalue weighted by atomic mass is 10.8. The minimum atomic E-state index is -1.49. The topological polar surface area (TPSA) is 61.3 Å². The van der Waals surface area contributed by atoms with Gasteiger partial charge in [0.05, 0.1) is 0 Å². The van der Waals surface area contributed by atoms with Crippen LogP contribution in [0.15, 0.2) is 0 Å². The zero-order valence-corrected chi connectivity index (χ0v) is 11.4. The molecule has 0 aromatic rings. The van der Waals surface area contributed by atoms with E-state index in [0.29, 0.717) is 0 Å². The lowest BCUT2D eigenvalue weighted by Gasteiger charge is -2.33. The maximum absolute atomic E-state index is 6.22. The molecule has 0 fully saturated rings. The molecule has 0 saturated carbocycles. The minimum Gasteiger partial charge on any atom is -0.455 e. The van der Waals surface area contributed by atoms with Gasteiger partial charge in [-0.1, -0.05) is 0 Å². The molecule has 0 heterocycles. The molecule has 5 heteroatoms. The summed E-state index contributed by atoms with van der Waals surface area (Å²) in [6, 6.07) is 2.10. The van der Waals surface area contributed by atoms with Gasteiger partial charge >= 0.3 is 0 Å². The molecule has 0 bridgehead atoms. The molecule has 0 amide bonds. The number of hydrogen-bond acceptors (Lipinski definition) is 3. The van der Waals surface area contributed by atoms with Gasteiger partial charge in [0.15, 0.2) is 16.6 Å². The summed E-state index contributed by atoms with van der Waals surface area (Å²) in [7, 11) is -2.99. The van der Waals surface area contributed by atoms with Crippen LogP contribution in [0.4, 0.5) is 0 Å². The molecule has 0 saturated heterocycles. The highest BCUT2D eigenvalue weighted by molar-refractivity contribution is 6.84. The summed E-state index contributed by atoms with van der Waals surface area (Å²) in [5.74, 6) is 0. The monoisotopic (exact) mass is 220 g/mol. The SMILES string of the molecule is C[Si](C)(CCN)O[Si](C)(C)CCN. The van der Waals surface area contributed by atoms with Crippen LogP contribution in [0.25, 0.3) is 0 Å². The smallest absolute Gasteiger partial charge is 0.174 e. The van der Waals surface area contributed by atoms with Crippen molar-refractivity contribution in [3.8, 4) is 0 Å². The van der Waals surface area contributed by atoms with Crippen LogP contribution in [-0.4, -0.2) is 29.7 Å². The summed E-state index contributed by atoms with van der Waals surface area (Å²) in [5.41, 5.74) is 11.1. The van der Waals surface area contributed by atoms with E-state index >= 15 is 0 Å². The molecule has 0 aliphatic heterocycles. The van der Waals surface area contributed by atoms with Crippen molar-refractivity contribution in [2.45, 2.75) is 38.3 Å². The summed E-state index contributed by atoms with van der Waals surface area (Å²) in [4.78, 5) is 0. The Bertz CT molecular complexity index is 135. The zero-order chi connectivity index (χ0) is 10.5. The predicted octanol–water partition coefficient (Wildman–Crippen LogP) is 1.33. The second-order valence-corrected chi connectivity index (χ2v) is 13.6. The highest BCUT2D eigenvalue weighted by Crippen LogP contribution is 2.20. The Balaban J connectivity index is 4.07. The molecular formula is C8H24N2OSi2. The van der Waals surface area contributed by atoms with Crippen molar-refractivity contribution in [2.24, 2.45) is 11.5 Å². The largest absolute Gasteiger partial charge is 0.455 e. The number of hydrogen-bond donors (Lipinski definition) is 2. The summed E-state index contributed by atoms with van der Waals surface area (Å²) in [5, 5.41) is 0. The first kappa shape index (κ1) is 13.3. The first-order valence-corrected chi connectivity index (χ1v) is 11.2. The lowest BCUT2D eigenvalue weighted by molar-refractivity contribution is 0.538. The van der Waals surface area contributed by atoms with Crippen LogP contribution in [0.2, 0.25) is 38.3 Å². The van der Waals surface area contributed by atoms with Gasteiger partial charge in [0.25, 0.3) is 0 Å². The van der Waals surface area contributed by atoms with Crippen LogP contribution in [0.5, 0.6) is 0 Å². The average molecular weight is 220 g/mol. The van der Waals surface area contributed by atoms with Crippen molar-refractivity contribution in [1.29, 1.82) is 0 Å². The molecule has 4 N–H and O–H groups in total. The van der Waals surface area contributed by atoms with Crippen molar-refractivity contribution in [2.75, 3.05) is 13.1 Å². The van der Waals surface area contributed by atoms with Gasteiger partial charge in [0.2, 0.25) is 0 Å². The Labute approximate surface area is 84.1 Å². The Morgan fingerprint density at radius 1 is 0.846 bits per heavy atom. The molecule has 0 aliphatic carbocycles. The number of nitrogens with two attached hydrogens (primary N) is 2. The fourth-order valence-corrected chi connectivity index (χ4v) is 9.74. The van der Waals surface area contributed by atoms with Crippen molar-refractivity contribution in [1.82, 2.24) is 0 Å². The molecule has 0 aliphatic rings. The molecule has 0 rings (SSSR count). The van der Waals surface area contributed by atoms with Crippen LogP contribution in [0.1, 0.15) is 0 Å². The third-order valence-corrected chi connectivity index (χ3v) is 9.45. The fourth-order valence-electron chi connectivity index (χ4n) is 1.55. The fraction of sp³-hybridized carbons (Fsp3) is 1.00. The minimum absolute atomic E-state index is 0.742. The van der Waals surface area contributed by atoms with Crippen LogP contribution in [0.3, 0.4) is 0 Å². The molecule has 0 unspecified atom stereocenters. The van der Waals surface area contributed by atoms with E-state index in [-0.39, 0.29) is 0 Å². The third-order valence-electron chi connectivity index (χ3n) is 2.05. The van der Waals surface area contributed by atoms with Crippen molar-refractivity contribution in [3.05, 3.63) is 0 Å². The molecule has 80 valence electrons. The van der Waals surface area contributed by atoms with E-state index in [0.717, 1.165) is 25.2 Å². The van der Waals surface area contributed by atoms with Gasteiger partial charge in [-0.3, -0.25) is 0 Å². The first-order valence-electron chi connectivity index (χ1n) is 4.93. The summed E-state index contributed by atoms with van der Waals surface area (Å²) < 4.78 is 6.22. The predicted molar refractivity (Wildman–Crippen MR) is 63.8 cm³/mol. The summed E-state index contributed by atoms with van der Waals surface area (Å²) in [6.07, 6.45) is 0. The maximum Gasteiger partial charge on any atom is 0.174 e. The molecule has 13 heavy (non-hydrogen) atoms. The second-order valence-electron chi connectivity index (χ2n) is 4.70. The molecule has 0 radical (unpaired) electrons. The van der Waals surface area contributed by atoms with E-state index in [4.69, 9.17) is 15.6 Å². The Morgan fingerprint density at radius 3 is 1.38 bits per heavy atom. The molecular weight excluding hydrogens is 196 g/mol. The quantitative estimate of drug-likeness (QED) is 0.664. The van der Waals surface area contributed by atoms with E-state index in [2.05, 4.69) is 26.2 Å². The van der Waals surface area contributed by atoms with Gasteiger partial charge in [0.1, 0.15) is 0 Å². The van der Waals surface area contributed by atoms with E-state index in [9.17, 15) is 0 Å². The molecule has 0 spiro atoms. The summed E-state index contributed by atoms with van der Waals surface area (Å²) >= 11 is 0. The van der Waals surface area contributed by atoms with Gasteiger partial charge in [-0.2, -0.15) is 0 Å². The molecule has 0 aromatic carbocycles. The molecule has 3 nitrogen and oxygen atoms in total. The van der Waals surface area contributed by atoms with Gasteiger partial charge in [-0.15, -0.1) is 0 Å². The highest BCUT2D eigenvalue weighted by Gasteiger charge is 2.31. The van der Waals surface area contributed by atoms with E-state index in [1.54, 1.807) is 0 Å². The average Bonchev–Trinajstić information content (AvgIpc) is 1.82. The highest BCUT2D eigenvalue weighted by atomic mass is 28.4. The van der Waals surface area contributed by atoms with Crippen LogP contribution >= 0.6 is 0 Å². The Morgan fingerprint density at radius 2 is 1.15 bits per heavy atom. The van der Waals surface area contributed by atoms with Crippen molar-refractivity contribution in [3.63, 3.8) is 0 Å². The Kier molecular flexibility index (Phi) is 5.38. The van der Waals surface area contributed by atoms with Crippen LogP contribution in [0, 0.1) is 0 Å².